The van der Waals surface area contributed by atoms with Crippen LogP contribution in [0, 0.1) is 0 Å². The van der Waals surface area contributed by atoms with Crippen LogP contribution < -0.4 is 9.80 Å². The van der Waals surface area contributed by atoms with Crippen molar-refractivity contribution in [2.24, 2.45) is 0 Å². The molecule has 2 nitrogen and oxygen atoms in total. The van der Waals surface area contributed by atoms with E-state index < -0.39 is 0 Å². The van der Waals surface area contributed by atoms with Crippen LogP contribution >= 0.6 is 22.7 Å². The minimum absolute atomic E-state index is 0.00445. The summed E-state index contributed by atoms with van der Waals surface area (Å²) in [6, 6.07) is 71.2. The molecule has 8 aromatic carbocycles. The summed E-state index contributed by atoms with van der Waals surface area (Å²) in [5, 5.41) is 5.17. The van der Waals surface area contributed by atoms with Crippen molar-refractivity contribution in [2.75, 3.05) is 9.80 Å². The average Bonchev–Trinajstić information content (AvgIpc) is 3.76. The van der Waals surface area contributed by atoms with Crippen LogP contribution in [0.5, 0.6) is 0 Å². The first-order valence-corrected chi connectivity index (χ1v) is 21.8. The minimum Gasteiger partial charge on any atom is -0.310 e. The van der Waals surface area contributed by atoms with Crippen molar-refractivity contribution in [3.8, 4) is 0 Å². The second kappa shape index (κ2) is 13.8. The van der Waals surface area contributed by atoms with Gasteiger partial charge in [-0.2, -0.15) is 0 Å². The van der Waals surface area contributed by atoms with Gasteiger partial charge in [0.05, 0.1) is 11.4 Å². The summed E-state index contributed by atoms with van der Waals surface area (Å²) >= 11 is 3.72. The highest BCUT2D eigenvalue weighted by Gasteiger charge is 2.30. The number of nitrogens with zero attached hydrogens (tertiary/aromatic N) is 2. The fourth-order valence-electron chi connectivity index (χ4n) is 9.20. The molecule has 1 unspecified atom stereocenters. The Morgan fingerprint density at radius 1 is 0.339 bits per heavy atom. The van der Waals surface area contributed by atoms with E-state index in [0.29, 0.717) is 0 Å². The van der Waals surface area contributed by atoms with Crippen LogP contribution in [0.4, 0.5) is 22.7 Å². The molecule has 0 saturated heterocycles. The van der Waals surface area contributed by atoms with E-state index >= 15 is 0 Å². The fourth-order valence-corrected chi connectivity index (χ4v) is 11.4. The van der Waals surface area contributed by atoms with Crippen LogP contribution in [0.1, 0.15) is 28.2 Å². The first-order chi connectivity index (χ1) is 29.2. The van der Waals surface area contributed by atoms with Gasteiger partial charge in [0, 0.05) is 80.1 Å². The lowest BCUT2D eigenvalue weighted by Crippen LogP contribution is -2.18. The van der Waals surface area contributed by atoms with Crippen LogP contribution in [0.25, 0.3) is 57.3 Å². The zero-order valence-corrected chi connectivity index (χ0v) is 33.6. The van der Waals surface area contributed by atoms with Gasteiger partial charge in [-0.25, -0.2) is 0 Å². The molecule has 2 aromatic heterocycles. The van der Waals surface area contributed by atoms with Crippen molar-refractivity contribution in [1.29, 1.82) is 0 Å². The highest BCUT2D eigenvalue weighted by atomic mass is 32.1. The highest BCUT2D eigenvalue weighted by Crippen LogP contribution is 2.49. The predicted octanol–water partition coefficient (Wildman–Crippen LogP) is 16.0. The van der Waals surface area contributed by atoms with Crippen molar-refractivity contribution in [3.05, 3.63) is 235 Å². The van der Waals surface area contributed by atoms with E-state index in [9.17, 15) is 0 Å². The van der Waals surface area contributed by atoms with E-state index in [0.717, 1.165) is 28.4 Å². The maximum Gasteiger partial charge on any atom is 0.0543 e. The number of anilines is 4. The second-order valence-corrected chi connectivity index (χ2v) is 17.4. The second-order valence-electron chi connectivity index (χ2n) is 15.3. The van der Waals surface area contributed by atoms with Crippen LogP contribution in [-0.4, -0.2) is 0 Å². The van der Waals surface area contributed by atoms with Crippen molar-refractivity contribution in [2.45, 2.75) is 5.92 Å². The summed E-state index contributed by atoms with van der Waals surface area (Å²) in [7, 11) is 0. The molecule has 0 amide bonds. The van der Waals surface area contributed by atoms with Gasteiger partial charge >= 0.3 is 0 Å². The lowest BCUT2D eigenvalue weighted by Gasteiger charge is -2.32. The molecule has 2 aliphatic rings. The maximum absolute atomic E-state index is 2.50. The van der Waals surface area contributed by atoms with Crippen LogP contribution in [0.15, 0.2) is 212 Å². The summed E-state index contributed by atoms with van der Waals surface area (Å²) in [6.45, 7) is 0. The van der Waals surface area contributed by atoms with E-state index in [4.69, 9.17) is 0 Å². The molecule has 0 fully saturated rings. The normalized spacial score (nSPS) is 14.6. The molecular weight excluding hydrogens is 753 g/mol. The molecule has 0 aliphatic heterocycles. The van der Waals surface area contributed by atoms with Crippen LogP contribution in [0.2, 0.25) is 0 Å². The van der Waals surface area contributed by atoms with Gasteiger partial charge in [-0.3, -0.25) is 0 Å². The first kappa shape index (κ1) is 34.1. The molecule has 2 heterocycles. The Bertz CT molecular complexity index is 3350. The third-order valence-electron chi connectivity index (χ3n) is 11.8. The van der Waals surface area contributed by atoms with E-state index in [1.165, 1.54) is 73.9 Å². The molecule has 2 aliphatic carbocycles. The van der Waals surface area contributed by atoms with Gasteiger partial charge in [0.1, 0.15) is 0 Å². The van der Waals surface area contributed by atoms with Crippen molar-refractivity contribution in [1.82, 2.24) is 0 Å². The number of benzene rings is 8. The lowest BCUT2D eigenvalue weighted by atomic mass is 9.91. The lowest BCUT2D eigenvalue weighted by molar-refractivity contribution is 1.07. The molecule has 0 radical (unpaired) electrons. The van der Waals surface area contributed by atoms with Crippen molar-refractivity contribution >= 4 is 103 Å². The van der Waals surface area contributed by atoms with Crippen LogP contribution in [-0.2, 0) is 0 Å². The van der Waals surface area contributed by atoms with Crippen molar-refractivity contribution < 1.29 is 0 Å². The third-order valence-corrected chi connectivity index (χ3v) is 14.1. The monoisotopic (exact) mass is 788 g/mol. The van der Waals surface area contributed by atoms with Crippen molar-refractivity contribution in [3.63, 3.8) is 0 Å². The van der Waals surface area contributed by atoms with Gasteiger partial charge in [0.15, 0.2) is 0 Å². The third kappa shape index (κ3) is 5.67. The zero-order chi connectivity index (χ0) is 38.9. The molecule has 0 spiro atoms. The summed E-state index contributed by atoms with van der Waals surface area (Å²) in [5.74, 6) is -0.00445. The molecule has 12 rings (SSSR count). The predicted molar refractivity (Wildman–Crippen MR) is 255 cm³/mol. The summed E-state index contributed by atoms with van der Waals surface area (Å²) < 4.78 is 5.23. The Labute approximate surface area is 351 Å². The van der Waals surface area contributed by atoms with Gasteiger partial charge < -0.3 is 9.80 Å². The number of hydrogen-bond acceptors (Lipinski definition) is 4. The van der Waals surface area contributed by atoms with E-state index in [-0.39, 0.29) is 5.92 Å². The highest BCUT2D eigenvalue weighted by molar-refractivity contribution is 7.26. The quantitative estimate of drug-likeness (QED) is 0.166. The summed E-state index contributed by atoms with van der Waals surface area (Å²) in [6.07, 6.45) is 7.42. The minimum atomic E-state index is -0.00445. The molecule has 59 heavy (non-hydrogen) atoms. The SMILES string of the molecule is C1=C2C=C(N(c3ccccc3)c3ccc4sc5ccccc5c4c3)c3ccccc3C1C=C(N(c1ccccc1)c1ccc3sc4ccccc4c3c1)c1ccccc12. The largest absolute Gasteiger partial charge is 0.310 e. The Morgan fingerprint density at radius 3 is 1.42 bits per heavy atom. The Morgan fingerprint density at radius 2 is 0.814 bits per heavy atom. The standard InChI is InChI=1S/C55H36N2S2/c1-3-15-38(16-4-1)56(40-27-29-54-48(34-40)46-23-11-13-25-52(46)58-54)50-32-36-31-37(42-19-7-9-21-44(42)50)33-51(45-22-10-8-20-43(36)45)57(39-17-5-2-6-18-39)41-28-30-55-49(35-41)47-24-12-14-26-53(47)59-55/h1-36H. The van der Waals surface area contributed by atoms with E-state index in [2.05, 4.69) is 222 Å². The first-order valence-electron chi connectivity index (χ1n) is 20.1. The van der Waals surface area contributed by atoms with Gasteiger partial charge in [0.2, 0.25) is 0 Å². The maximum atomic E-state index is 2.50. The molecule has 278 valence electrons. The van der Waals surface area contributed by atoms with Gasteiger partial charge in [-0.05, 0) is 102 Å². The summed E-state index contributed by atoms with van der Waals surface area (Å²) in [5.41, 5.74) is 13.0. The van der Waals surface area contributed by atoms with E-state index in [1.807, 2.05) is 22.7 Å². The summed E-state index contributed by atoms with van der Waals surface area (Å²) in [4.78, 5) is 4.94. The van der Waals surface area contributed by atoms with E-state index in [1.54, 1.807) is 0 Å². The number of hydrogen-bond donors (Lipinski definition) is 0. The zero-order valence-electron chi connectivity index (χ0n) is 32.0. The number of para-hydroxylation sites is 2. The molecule has 0 saturated carbocycles. The van der Waals surface area contributed by atoms with Crippen LogP contribution in [0.3, 0.4) is 0 Å². The Hall–Kier alpha value is -6.98. The number of thiophene rings is 2. The molecule has 0 N–H and O–H groups in total. The molecule has 10 aromatic rings. The smallest absolute Gasteiger partial charge is 0.0543 e. The molecule has 4 heteroatoms. The Kier molecular flexibility index (Phi) is 8.00. The number of allylic oxidation sites excluding steroid dienone is 4. The fraction of sp³-hybridized carbons (Fsp3) is 0.0182. The molecule has 2 bridgehead atoms. The van der Waals surface area contributed by atoms with Gasteiger partial charge in [-0.1, -0.05) is 127 Å². The average molecular weight is 789 g/mol. The molecule has 1 atom stereocenters. The Balaban J connectivity index is 1.08. The van der Waals surface area contributed by atoms with Gasteiger partial charge in [0.25, 0.3) is 0 Å². The topological polar surface area (TPSA) is 6.48 Å². The number of rotatable bonds is 6. The number of fused-ring (bicyclic) bond motifs is 11. The van der Waals surface area contributed by atoms with Gasteiger partial charge in [-0.15, -0.1) is 22.7 Å². The molecular formula is C55H36N2S2.